The van der Waals surface area contributed by atoms with E-state index in [4.69, 9.17) is 4.74 Å². The van der Waals surface area contributed by atoms with Crippen LogP contribution in [0.1, 0.15) is 59.4 Å². The van der Waals surface area contributed by atoms with Gasteiger partial charge in [-0.05, 0) is 48.3 Å². The summed E-state index contributed by atoms with van der Waals surface area (Å²) in [5.41, 5.74) is 1.76. The first-order valence-corrected chi connectivity index (χ1v) is 10.5. The van der Waals surface area contributed by atoms with Crippen LogP contribution >= 0.6 is 0 Å². The van der Waals surface area contributed by atoms with Gasteiger partial charge in [-0.15, -0.1) is 0 Å². The van der Waals surface area contributed by atoms with Gasteiger partial charge >= 0.3 is 0 Å². The number of hydrogen-bond acceptors (Lipinski definition) is 3. The van der Waals surface area contributed by atoms with Crippen molar-refractivity contribution in [1.82, 2.24) is 5.32 Å². The molecular formula is C23H36N2O3. The summed E-state index contributed by atoms with van der Waals surface area (Å²) in [5.74, 6) is 1.64. The molecule has 1 fully saturated rings. The van der Waals surface area contributed by atoms with E-state index < -0.39 is 0 Å². The number of benzene rings is 1. The van der Waals surface area contributed by atoms with E-state index in [2.05, 4.69) is 31.4 Å². The van der Waals surface area contributed by atoms with Gasteiger partial charge in [0.15, 0.2) is 0 Å². The number of nitrogens with one attached hydrogen (secondary N) is 2. The van der Waals surface area contributed by atoms with Crippen LogP contribution in [0.4, 0.5) is 5.69 Å². The molecule has 28 heavy (non-hydrogen) atoms. The second-order valence-electron chi connectivity index (χ2n) is 8.79. The predicted octanol–water partition coefficient (Wildman–Crippen LogP) is 4.37. The van der Waals surface area contributed by atoms with Crippen LogP contribution in [0.3, 0.4) is 0 Å². The third kappa shape index (κ3) is 6.93. The monoisotopic (exact) mass is 388 g/mol. The van der Waals surface area contributed by atoms with Gasteiger partial charge in [0.05, 0.1) is 6.10 Å². The highest BCUT2D eigenvalue weighted by molar-refractivity contribution is 5.92. The molecule has 1 aliphatic carbocycles. The van der Waals surface area contributed by atoms with Crippen molar-refractivity contribution >= 4 is 17.5 Å². The minimum Gasteiger partial charge on any atom is -0.368 e. The molecule has 0 aromatic heterocycles. The van der Waals surface area contributed by atoms with Crippen molar-refractivity contribution in [2.75, 3.05) is 11.9 Å². The maximum absolute atomic E-state index is 12.2. The van der Waals surface area contributed by atoms with Crippen molar-refractivity contribution in [3.8, 4) is 0 Å². The van der Waals surface area contributed by atoms with Crippen LogP contribution in [0.15, 0.2) is 24.3 Å². The van der Waals surface area contributed by atoms with Gasteiger partial charge in [0.25, 0.3) is 0 Å². The number of carbonyl (C=O) groups is 2. The lowest BCUT2D eigenvalue weighted by atomic mass is 9.75. The van der Waals surface area contributed by atoms with E-state index in [1.54, 1.807) is 0 Å². The number of amides is 2. The Bertz CT molecular complexity index is 640. The summed E-state index contributed by atoms with van der Waals surface area (Å²) >= 11 is 0. The third-order valence-electron chi connectivity index (χ3n) is 5.63. The molecule has 0 unspecified atom stereocenters. The lowest BCUT2D eigenvalue weighted by molar-refractivity contribution is -0.131. The van der Waals surface area contributed by atoms with E-state index in [1.165, 1.54) is 12.8 Å². The molecule has 5 nitrogen and oxygen atoms in total. The Morgan fingerprint density at radius 2 is 1.79 bits per heavy atom. The molecule has 1 saturated carbocycles. The van der Waals surface area contributed by atoms with Crippen LogP contribution in [0.2, 0.25) is 0 Å². The van der Waals surface area contributed by atoms with Crippen LogP contribution in [-0.4, -0.2) is 24.5 Å². The highest BCUT2D eigenvalue weighted by atomic mass is 16.5. The average molecular weight is 389 g/mol. The normalized spacial score (nSPS) is 22.3. The fourth-order valence-electron chi connectivity index (χ4n) is 3.73. The van der Waals surface area contributed by atoms with Crippen molar-refractivity contribution < 1.29 is 14.3 Å². The maximum Gasteiger partial charge on any atom is 0.246 e. The molecule has 5 heteroatoms. The number of hydrogen-bond donors (Lipinski definition) is 2. The van der Waals surface area contributed by atoms with Crippen molar-refractivity contribution in [2.24, 2.45) is 23.7 Å². The fraction of sp³-hybridized carbons (Fsp3) is 0.652. The standard InChI is InChI=1S/C23H36N2O3/c1-15(2)20-11-6-17(5)12-21(20)28-14-22(26)24-13-18-7-9-19(10-8-18)25-23(27)16(3)4/h7-10,15-17,20-21H,6,11-14H2,1-5H3,(H,24,26)(H,25,27)/t17-,20-,21-/m1/s1. The predicted molar refractivity (Wildman–Crippen MR) is 113 cm³/mol. The first-order valence-electron chi connectivity index (χ1n) is 10.5. The zero-order valence-electron chi connectivity index (χ0n) is 18.0. The number of carbonyl (C=O) groups excluding carboxylic acids is 2. The van der Waals surface area contributed by atoms with Gasteiger partial charge in [-0.25, -0.2) is 0 Å². The fourth-order valence-corrected chi connectivity index (χ4v) is 3.73. The second kappa shape index (κ2) is 10.6. The summed E-state index contributed by atoms with van der Waals surface area (Å²) in [6.45, 7) is 11.0. The van der Waals surface area contributed by atoms with Crippen LogP contribution in [0.25, 0.3) is 0 Å². The largest absolute Gasteiger partial charge is 0.368 e. The SMILES string of the molecule is CC(C)C(=O)Nc1ccc(CNC(=O)CO[C@@H]2C[C@H](C)CC[C@@H]2C(C)C)cc1. The summed E-state index contributed by atoms with van der Waals surface area (Å²) in [5, 5.41) is 5.78. The summed E-state index contributed by atoms with van der Waals surface area (Å²) in [4.78, 5) is 23.9. The summed E-state index contributed by atoms with van der Waals surface area (Å²) < 4.78 is 6.00. The van der Waals surface area contributed by atoms with Crippen LogP contribution in [0.5, 0.6) is 0 Å². The first kappa shape index (κ1) is 22.4. The highest BCUT2D eigenvalue weighted by Crippen LogP contribution is 2.35. The van der Waals surface area contributed by atoms with Crippen molar-refractivity contribution in [1.29, 1.82) is 0 Å². The Kier molecular flexibility index (Phi) is 8.49. The van der Waals surface area contributed by atoms with E-state index in [0.717, 1.165) is 17.7 Å². The molecule has 0 aliphatic heterocycles. The van der Waals surface area contributed by atoms with Gasteiger partial charge in [0.1, 0.15) is 6.61 Å². The topological polar surface area (TPSA) is 67.4 Å². The molecule has 2 N–H and O–H groups in total. The molecule has 2 amide bonds. The molecule has 1 aromatic rings. The van der Waals surface area contributed by atoms with Crippen LogP contribution in [0, 0.1) is 23.7 Å². The van der Waals surface area contributed by atoms with Crippen molar-refractivity contribution in [3.05, 3.63) is 29.8 Å². The zero-order valence-corrected chi connectivity index (χ0v) is 18.0. The van der Waals surface area contributed by atoms with Crippen LogP contribution < -0.4 is 10.6 Å². The number of ether oxygens (including phenoxy) is 1. The highest BCUT2D eigenvalue weighted by Gasteiger charge is 2.31. The van der Waals surface area contributed by atoms with Gasteiger partial charge < -0.3 is 15.4 Å². The quantitative estimate of drug-likeness (QED) is 0.695. The molecule has 0 spiro atoms. The van der Waals surface area contributed by atoms with E-state index >= 15 is 0 Å². The summed E-state index contributed by atoms with van der Waals surface area (Å²) in [6, 6.07) is 7.53. The molecule has 0 saturated heterocycles. The maximum atomic E-state index is 12.2. The lowest BCUT2D eigenvalue weighted by Crippen LogP contribution is -2.37. The molecule has 1 aliphatic rings. The van der Waals surface area contributed by atoms with Gasteiger partial charge in [0, 0.05) is 18.2 Å². The Morgan fingerprint density at radius 3 is 2.39 bits per heavy atom. The van der Waals surface area contributed by atoms with E-state index in [9.17, 15) is 9.59 Å². The van der Waals surface area contributed by atoms with Gasteiger partial charge in [0.2, 0.25) is 11.8 Å². The molecule has 156 valence electrons. The third-order valence-corrected chi connectivity index (χ3v) is 5.63. The Balaban J connectivity index is 1.76. The van der Waals surface area contributed by atoms with Gasteiger partial charge in [-0.2, -0.15) is 0 Å². The molecule has 0 heterocycles. The lowest BCUT2D eigenvalue weighted by Gasteiger charge is -2.37. The van der Waals surface area contributed by atoms with E-state index in [0.29, 0.717) is 24.3 Å². The molecule has 3 atom stereocenters. The Morgan fingerprint density at radius 1 is 1.11 bits per heavy atom. The molecule has 0 bridgehead atoms. The number of rotatable bonds is 8. The molecule has 1 aromatic carbocycles. The van der Waals surface area contributed by atoms with Crippen molar-refractivity contribution in [2.45, 2.75) is 66.5 Å². The van der Waals surface area contributed by atoms with Crippen LogP contribution in [-0.2, 0) is 20.9 Å². The van der Waals surface area contributed by atoms with Gasteiger partial charge in [-0.3, -0.25) is 9.59 Å². The first-order chi connectivity index (χ1) is 13.3. The second-order valence-corrected chi connectivity index (χ2v) is 8.79. The Labute approximate surface area is 169 Å². The smallest absolute Gasteiger partial charge is 0.246 e. The average Bonchev–Trinajstić information content (AvgIpc) is 2.65. The zero-order chi connectivity index (χ0) is 20.7. The molecule has 2 rings (SSSR count). The number of anilines is 1. The van der Waals surface area contributed by atoms with E-state index in [1.807, 2.05) is 38.1 Å². The summed E-state index contributed by atoms with van der Waals surface area (Å²) in [6.07, 6.45) is 3.66. The minimum atomic E-state index is -0.0853. The summed E-state index contributed by atoms with van der Waals surface area (Å²) in [7, 11) is 0. The minimum absolute atomic E-state index is 0.00469. The van der Waals surface area contributed by atoms with Crippen molar-refractivity contribution in [3.63, 3.8) is 0 Å². The van der Waals surface area contributed by atoms with Gasteiger partial charge in [-0.1, -0.05) is 53.2 Å². The Hall–Kier alpha value is -1.88. The molecular weight excluding hydrogens is 352 g/mol. The molecule has 0 radical (unpaired) electrons. The van der Waals surface area contributed by atoms with E-state index in [-0.39, 0.29) is 30.4 Å².